The lowest BCUT2D eigenvalue weighted by atomic mass is 9.98. The van der Waals surface area contributed by atoms with Gasteiger partial charge >= 0.3 is 12.1 Å². The summed E-state index contributed by atoms with van der Waals surface area (Å²) in [5.74, 6) is -0.604. The van der Waals surface area contributed by atoms with Gasteiger partial charge in [-0.2, -0.15) is 13.2 Å². The number of carbonyl (C=O) groups is 1. The lowest BCUT2D eigenvalue weighted by Crippen LogP contribution is -2.07. The van der Waals surface area contributed by atoms with Gasteiger partial charge in [0.1, 0.15) is 0 Å². The van der Waals surface area contributed by atoms with Crippen molar-refractivity contribution in [1.29, 1.82) is 0 Å². The fourth-order valence-electron chi connectivity index (χ4n) is 1.94. The van der Waals surface area contributed by atoms with Gasteiger partial charge in [0.2, 0.25) is 0 Å². The summed E-state index contributed by atoms with van der Waals surface area (Å²) in [5, 5.41) is 0.0506. The van der Waals surface area contributed by atoms with Crippen LogP contribution in [-0.2, 0) is 10.9 Å². The number of alkyl halides is 3. The van der Waals surface area contributed by atoms with E-state index in [4.69, 9.17) is 11.6 Å². The van der Waals surface area contributed by atoms with E-state index in [0.29, 0.717) is 0 Å². The third kappa shape index (κ3) is 3.19. The molecule has 0 fully saturated rings. The van der Waals surface area contributed by atoms with Crippen LogP contribution in [0, 0.1) is 0 Å². The van der Waals surface area contributed by atoms with Gasteiger partial charge in [0.15, 0.2) is 0 Å². The highest BCUT2D eigenvalue weighted by molar-refractivity contribution is 6.33. The van der Waals surface area contributed by atoms with Crippen molar-refractivity contribution < 1.29 is 22.7 Å². The van der Waals surface area contributed by atoms with Crippen molar-refractivity contribution in [2.45, 2.75) is 6.18 Å². The first-order valence-corrected chi connectivity index (χ1v) is 6.27. The monoisotopic (exact) mass is 314 g/mol. The Hall–Kier alpha value is -2.01. The van der Waals surface area contributed by atoms with E-state index < -0.39 is 17.7 Å². The Morgan fingerprint density at radius 3 is 2.33 bits per heavy atom. The van der Waals surface area contributed by atoms with E-state index in [0.717, 1.165) is 6.07 Å². The van der Waals surface area contributed by atoms with E-state index in [9.17, 15) is 18.0 Å². The molecule has 0 saturated heterocycles. The quantitative estimate of drug-likeness (QED) is 0.743. The second-order valence-electron chi connectivity index (χ2n) is 4.23. The van der Waals surface area contributed by atoms with Crippen LogP contribution in [0.2, 0.25) is 5.02 Å². The molecule has 0 unspecified atom stereocenters. The topological polar surface area (TPSA) is 26.3 Å². The molecule has 0 heterocycles. The highest BCUT2D eigenvalue weighted by Crippen LogP contribution is 2.39. The van der Waals surface area contributed by atoms with E-state index in [-0.39, 0.29) is 21.7 Å². The minimum absolute atomic E-state index is 0.0357. The predicted octanol–water partition coefficient (Wildman–Crippen LogP) is 4.81. The van der Waals surface area contributed by atoms with Gasteiger partial charge in [-0.1, -0.05) is 35.9 Å². The zero-order valence-corrected chi connectivity index (χ0v) is 11.6. The average molecular weight is 315 g/mol. The minimum Gasteiger partial charge on any atom is -0.465 e. The molecule has 110 valence electrons. The first-order valence-electron chi connectivity index (χ1n) is 5.89. The highest BCUT2D eigenvalue weighted by Gasteiger charge is 2.33. The molecular weight excluding hydrogens is 305 g/mol. The Labute approximate surface area is 124 Å². The lowest BCUT2D eigenvalue weighted by molar-refractivity contribution is -0.137. The molecule has 0 aliphatic rings. The molecule has 0 atom stereocenters. The van der Waals surface area contributed by atoms with Crippen molar-refractivity contribution in [2.24, 2.45) is 0 Å². The summed E-state index contributed by atoms with van der Waals surface area (Å²) in [5.41, 5.74) is -0.433. The largest absolute Gasteiger partial charge is 0.465 e. The van der Waals surface area contributed by atoms with Crippen LogP contribution in [0.25, 0.3) is 11.1 Å². The fraction of sp³-hybridized carbons (Fsp3) is 0.133. The maximum absolute atomic E-state index is 13.0. The van der Waals surface area contributed by atoms with E-state index in [1.165, 1.54) is 43.5 Å². The SMILES string of the molecule is COC(=O)c1ccc(-c2ccccc2C(F)(F)F)c(Cl)c1. The van der Waals surface area contributed by atoms with Gasteiger partial charge in [0.25, 0.3) is 0 Å². The van der Waals surface area contributed by atoms with Crippen molar-refractivity contribution >= 4 is 17.6 Å². The second kappa shape index (κ2) is 5.77. The van der Waals surface area contributed by atoms with Crippen LogP contribution in [0.4, 0.5) is 13.2 Å². The standard InChI is InChI=1S/C15H10ClF3O2/c1-21-14(20)9-6-7-11(13(16)8-9)10-4-2-3-5-12(10)15(17,18)19/h2-8H,1H3. The Morgan fingerprint density at radius 1 is 1.10 bits per heavy atom. The Balaban J connectivity index is 2.56. The lowest BCUT2D eigenvalue weighted by Gasteiger charge is -2.14. The van der Waals surface area contributed by atoms with Crippen molar-refractivity contribution in [2.75, 3.05) is 7.11 Å². The van der Waals surface area contributed by atoms with Crippen LogP contribution in [0.5, 0.6) is 0 Å². The van der Waals surface area contributed by atoms with E-state index >= 15 is 0 Å². The number of hydrogen-bond acceptors (Lipinski definition) is 2. The van der Waals surface area contributed by atoms with E-state index in [1.807, 2.05) is 0 Å². The molecule has 6 heteroatoms. The number of benzene rings is 2. The molecule has 0 amide bonds. The Kier molecular flexibility index (Phi) is 4.23. The molecule has 0 spiro atoms. The van der Waals surface area contributed by atoms with Crippen LogP contribution in [0.1, 0.15) is 15.9 Å². The molecule has 21 heavy (non-hydrogen) atoms. The normalized spacial score (nSPS) is 11.3. The molecule has 0 saturated carbocycles. The molecule has 0 aromatic heterocycles. The molecule has 2 aromatic carbocycles. The summed E-state index contributed by atoms with van der Waals surface area (Å²) in [6, 6.07) is 9.16. The molecule has 2 rings (SSSR count). The number of halogens is 4. The van der Waals surface area contributed by atoms with Crippen LogP contribution in [0.3, 0.4) is 0 Å². The molecule has 0 aliphatic carbocycles. The van der Waals surface area contributed by atoms with Gasteiger partial charge in [-0.3, -0.25) is 0 Å². The molecule has 0 N–H and O–H groups in total. The molecular formula is C15H10ClF3O2. The van der Waals surface area contributed by atoms with Crippen molar-refractivity contribution in [1.82, 2.24) is 0 Å². The summed E-state index contributed by atoms with van der Waals surface area (Å²) < 4.78 is 43.6. The molecule has 2 aromatic rings. The fourth-order valence-corrected chi connectivity index (χ4v) is 2.23. The summed E-state index contributed by atoms with van der Waals surface area (Å²) >= 11 is 6.01. The number of methoxy groups -OCH3 is 1. The molecule has 0 radical (unpaired) electrons. The number of rotatable bonds is 2. The third-order valence-electron chi connectivity index (χ3n) is 2.91. The predicted molar refractivity (Wildman–Crippen MR) is 73.2 cm³/mol. The molecule has 0 bridgehead atoms. The Bertz CT molecular complexity index is 681. The van der Waals surface area contributed by atoms with Crippen molar-refractivity contribution in [3.05, 3.63) is 58.6 Å². The van der Waals surface area contributed by atoms with Gasteiger partial charge in [-0.05, 0) is 23.8 Å². The smallest absolute Gasteiger partial charge is 0.417 e. The first kappa shape index (κ1) is 15.4. The molecule has 2 nitrogen and oxygen atoms in total. The van der Waals surface area contributed by atoms with Crippen LogP contribution < -0.4 is 0 Å². The number of esters is 1. The third-order valence-corrected chi connectivity index (χ3v) is 3.23. The minimum atomic E-state index is -4.49. The summed E-state index contributed by atoms with van der Waals surface area (Å²) in [6.07, 6.45) is -4.49. The highest BCUT2D eigenvalue weighted by atomic mass is 35.5. The van der Waals surface area contributed by atoms with Gasteiger partial charge in [-0.15, -0.1) is 0 Å². The van der Waals surface area contributed by atoms with Crippen LogP contribution in [0.15, 0.2) is 42.5 Å². The van der Waals surface area contributed by atoms with Gasteiger partial charge < -0.3 is 4.74 Å². The number of carbonyl (C=O) groups excluding carboxylic acids is 1. The zero-order chi connectivity index (χ0) is 15.6. The zero-order valence-electron chi connectivity index (χ0n) is 10.9. The van der Waals surface area contributed by atoms with E-state index in [1.54, 1.807) is 0 Å². The van der Waals surface area contributed by atoms with Gasteiger partial charge in [0.05, 0.1) is 18.2 Å². The first-order chi connectivity index (χ1) is 9.84. The second-order valence-corrected chi connectivity index (χ2v) is 4.64. The summed E-state index contributed by atoms with van der Waals surface area (Å²) in [7, 11) is 1.21. The average Bonchev–Trinajstić information content (AvgIpc) is 2.45. The number of hydrogen-bond donors (Lipinski definition) is 0. The summed E-state index contributed by atoms with van der Waals surface area (Å²) in [4.78, 5) is 11.4. The van der Waals surface area contributed by atoms with Gasteiger partial charge in [0, 0.05) is 10.6 Å². The maximum atomic E-state index is 13.0. The Morgan fingerprint density at radius 2 is 1.76 bits per heavy atom. The number of ether oxygens (including phenoxy) is 1. The van der Waals surface area contributed by atoms with Gasteiger partial charge in [-0.25, -0.2) is 4.79 Å². The van der Waals surface area contributed by atoms with Crippen LogP contribution >= 0.6 is 11.6 Å². The van der Waals surface area contributed by atoms with Crippen LogP contribution in [-0.4, -0.2) is 13.1 Å². The van der Waals surface area contributed by atoms with E-state index in [2.05, 4.69) is 4.74 Å². The maximum Gasteiger partial charge on any atom is 0.417 e. The molecule has 0 aliphatic heterocycles. The summed E-state index contributed by atoms with van der Waals surface area (Å²) in [6.45, 7) is 0. The van der Waals surface area contributed by atoms with Crippen molar-refractivity contribution in [3.8, 4) is 11.1 Å². The van der Waals surface area contributed by atoms with Crippen molar-refractivity contribution in [3.63, 3.8) is 0 Å².